The van der Waals surface area contributed by atoms with Gasteiger partial charge in [0.2, 0.25) is 5.95 Å². The van der Waals surface area contributed by atoms with E-state index >= 15 is 0 Å². The molecule has 4 heteroatoms. The maximum Gasteiger partial charge on any atom is 0.217 e. The van der Waals surface area contributed by atoms with Crippen molar-refractivity contribution in [2.45, 2.75) is 20.4 Å². The number of imidazole rings is 1. The van der Waals surface area contributed by atoms with E-state index in [2.05, 4.69) is 17.3 Å². The van der Waals surface area contributed by atoms with Crippen LogP contribution in [0.5, 0.6) is 0 Å². The Balaban J connectivity index is 3.01. The molecule has 0 aliphatic carbocycles. The lowest BCUT2D eigenvalue weighted by Gasteiger charge is -2.03. The molecule has 0 amide bonds. The number of hydrazine groups is 1. The molecule has 10 heavy (non-hydrogen) atoms. The molecule has 0 aromatic carbocycles. The van der Waals surface area contributed by atoms with Crippen molar-refractivity contribution in [3.8, 4) is 0 Å². The lowest BCUT2D eigenvalue weighted by atomic mass is 10.5. The highest BCUT2D eigenvalue weighted by molar-refractivity contribution is 5.26. The third kappa shape index (κ3) is 0.974. The van der Waals surface area contributed by atoms with Gasteiger partial charge in [0.05, 0.1) is 6.20 Å². The average Bonchev–Trinajstić information content (AvgIpc) is 2.30. The van der Waals surface area contributed by atoms with E-state index in [0.29, 0.717) is 0 Å². The van der Waals surface area contributed by atoms with Gasteiger partial charge >= 0.3 is 0 Å². The van der Waals surface area contributed by atoms with Crippen molar-refractivity contribution in [2.75, 3.05) is 5.43 Å². The first-order valence-corrected chi connectivity index (χ1v) is 3.28. The van der Waals surface area contributed by atoms with Gasteiger partial charge in [-0.25, -0.2) is 10.8 Å². The molecular weight excluding hydrogens is 128 g/mol. The van der Waals surface area contributed by atoms with E-state index in [-0.39, 0.29) is 0 Å². The highest BCUT2D eigenvalue weighted by atomic mass is 15.3. The smallest absolute Gasteiger partial charge is 0.217 e. The van der Waals surface area contributed by atoms with E-state index in [4.69, 9.17) is 5.84 Å². The van der Waals surface area contributed by atoms with Crippen molar-refractivity contribution >= 4 is 5.95 Å². The fourth-order valence-electron chi connectivity index (χ4n) is 0.975. The summed E-state index contributed by atoms with van der Waals surface area (Å²) in [4.78, 5) is 4.03. The minimum atomic E-state index is 0.722. The number of nitrogens with two attached hydrogens (primary N) is 1. The monoisotopic (exact) mass is 140 g/mol. The number of rotatable bonds is 2. The molecule has 0 saturated heterocycles. The van der Waals surface area contributed by atoms with Crippen molar-refractivity contribution in [3.05, 3.63) is 11.9 Å². The molecule has 0 radical (unpaired) electrons. The summed E-state index contributed by atoms with van der Waals surface area (Å²) >= 11 is 0. The van der Waals surface area contributed by atoms with Crippen LogP contribution in [0, 0.1) is 6.92 Å². The number of aryl methyl sites for hydroxylation is 1. The Labute approximate surface area is 60.0 Å². The van der Waals surface area contributed by atoms with Gasteiger partial charge in [-0.05, 0) is 13.8 Å². The van der Waals surface area contributed by atoms with Gasteiger partial charge in [0.15, 0.2) is 0 Å². The zero-order valence-corrected chi connectivity index (χ0v) is 6.26. The fourth-order valence-corrected chi connectivity index (χ4v) is 0.975. The van der Waals surface area contributed by atoms with Gasteiger partial charge in [0.1, 0.15) is 0 Å². The number of anilines is 1. The summed E-state index contributed by atoms with van der Waals surface area (Å²) in [6, 6.07) is 0. The SMILES string of the molecule is CCn1c(C)cnc1NN. The van der Waals surface area contributed by atoms with Gasteiger partial charge in [0, 0.05) is 12.2 Å². The Bertz CT molecular complexity index is 216. The van der Waals surface area contributed by atoms with Crippen LogP contribution in [-0.2, 0) is 6.54 Å². The van der Waals surface area contributed by atoms with E-state index in [0.717, 1.165) is 18.2 Å². The van der Waals surface area contributed by atoms with Gasteiger partial charge in [0.25, 0.3) is 0 Å². The zero-order valence-electron chi connectivity index (χ0n) is 6.26. The van der Waals surface area contributed by atoms with Gasteiger partial charge in [-0.3, -0.25) is 5.43 Å². The summed E-state index contributed by atoms with van der Waals surface area (Å²) in [6.07, 6.45) is 1.79. The van der Waals surface area contributed by atoms with E-state index < -0.39 is 0 Å². The predicted molar refractivity (Wildman–Crippen MR) is 40.4 cm³/mol. The summed E-state index contributed by atoms with van der Waals surface area (Å²) in [5.41, 5.74) is 3.64. The van der Waals surface area contributed by atoms with Crippen LogP contribution in [0.3, 0.4) is 0 Å². The molecule has 0 aliphatic heterocycles. The molecule has 3 N–H and O–H groups in total. The van der Waals surface area contributed by atoms with E-state index in [1.165, 1.54) is 0 Å². The van der Waals surface area contributed by atoms with Crippen molar-refractivity contribution < 1.29 is 0 Å². The lowest BCUT2D eigenvalue weighted by Crippen LogP contribution is -2.13. The standard InChI is InChI=1S/C6H12N4/c1-3-10-5(2)4-8-6(10)9-7/h4H,3,7H2,1-2H3,(H,8,9). The van der Waals surface area contributed by atoms with E-state index in [9.17, 15) is 0 Å². The minimum Gasteiger partial charge on any atom is -0.314 e. The second-order valence-electron chi connectivity index (χ2n) is 2.11. The summed E-state index contributed by atoms with van der Waals surface area (Å²) < 4.78 is 2.00. The molecule has 1 aromatic heterocycles. The first-order chi connectivity index (χ1) is 4.79. The van der Waals surface area contributed by atoms with Crippen LogP contribution in [0.1, 0.15) is 12.6 Å². The normalized spacial score (nSPS) is 9.90. The highest BCUT2D eigenvalue weighted by Gasteiger charge is 2.00. The zero-order chi connectivity index (χ0) is 7.56. The summed E-state index contributed by atoms with van der Waals surface area (Å²) in [7, 11) is 0. The maximum atomic E-state index is 5.21. The van der Waals surface area contributed by atoms with Crippen LogP contribution in [0.15, 0.2) is 6.20 Å². The van der Waals surface area contributed by atoms with Crippen molar-refractivity contribution in [2.24, 2.45) is 5.84 Å². The number of hydrogen-bond donors (Lipinski definition) is 2. The van der Waals surface area contributed by atoms with Crippen LogP contribution < -0.4 is 11.3 Å². The number of nitrogens with zero attached hydrogens (tertiary/aromatic N) is 2. The molecular formula is C6H12N4. The topological polar surface area (TPSA) is 55.9 Å². The second kappa shape index (κ2) is 2.70. The lowest BCUT2D eigenvalue weighted by molar-refractivity contribution is 0.742. The molecule has 0 fully saturated rings. The number of nitrogens with one attached hydrogen (secondary N) is 1. The molecule has 1 heterocycles. The number of aromatic nitrogens is 2. The third-order valence-electron chi connectivity index (χ3n) is 1.50. The van der Waals surface area contributed by atoms with Crippen LogP contribution in [-0.4, -0.2) is 9.55 Å². The van der Waals surface area contributed by atoms with E-state index in [1.807, 2.05) is 11.5 Å². The van der Waals surface area contributed by atoms with Crippen molar-refractivity contribution in [1.29, 1.82) is 0 Å². The Morgan fingerprint density at radius 1 is 1.80 bits per heavy atom. The first kappa shape index (κ1) is 7.08. The molecule has 0 saturated carbocycles. The summed E-state index contributed by atoms with van der Waals surface area (Å²) in [5.74, 6) is 5.93. The fraction of sp³-hybridized carbons (Fsp3) is 0.500. The Morgan fingerprint density at radius 3 is 2.90 bits per heavy atom. The molecule has 0 atom stereocenters. The molecule has 0 aliphatic rings. The Kier molecular flexibility index (Phi) is 1.91. The van der Waals surface area contributed by atoms with Gasteiger partial charge in [-0.2, -0.15) is 0 Å². The molecule has 0 unspecified atom stereocenters. The Hall–Kier alpha value is -1.03. The molecule has 56 valence electrons. The van der Waals surface area contributed by atoms with Gasteiger partial charge in [-0.15, -0.1) is 0 Å². The van der Waals surface area contributed by atoms with Crippen LogP contribution in [0.2, 0.25) is 0 Å². The molecule has 4 nitrogen and oxygen atoms in total. The van der Waals surface area contributed by atoms with E-state index in [1.54, 1.807) is 6.20 Å². The predicted octanol–water partition coefficient (Wildman–Crippen LogP) is 0.497. The molecule has 1 aromatic rings. The first-order valence-electron chi connectivity index (χ1n) is 3.28. The molecule has 1 rings (SSSR count). The molecule has 0 bridgehead atoms. The Morgan fingerprint density at radius 2 is 2.50 bits per heavy atom. The summed E-state index contributed by atoms with van der Waals surface area (Å²) in [5, 5.41) is 0. The third-order valence-corrected chi connectivity index (χ3v) is 1.50. The van der Waals surface area contributed by atoms with Crippen molar-refractivity contribution in [1.82, 2.24) is 9.55 Å². The molecule has 0 spiro atoms. The van der Waals surface area contributed by atoms with Crippen molar-refractivity contribution in [3.63, 3.8) is 0 Å². The maximum absolute atomic E-state index is 5.21. The average molecular weight is 140 g/mol. The minimum absolute atomic E-state index is 0.722. The number of nitrogen functional groups attached to an aromatic ring is 1. The van der Waals surface area contributed by atoms with Gasteiger partial charge < -0.3 is 4.57 Å². The van der Waals surface area contributed by atoms with Crippen LogP contribution in [0.4, 0.5) is 5.95 Å². The quantitative estimate of drug-likeness (QED) is 0.464. The summed E-state index contributed by atoms with van der Waals surface area (Å²) in [6.45, 7) is 4.94. The highest BCUT2D eigenvalue weighted by Crippen LogP contribution is 2.06. The van der Waals surface area contributed by atoms with Crippen LogP contribution >= 0.6 is 0 Å². The largest absolute Gasteiger partial charge is 0.314 e. The van der Waals surface area contributed by atoms with Crippen LogP contribution in [0.25, 0.3) is 0 Å². The number of hydrogen-bond acceptors (Lipinski definition) is 3. The second-order valence-corrected chi connectivity index (χ2v) is 2.11. The van der Waals surface area contributed by atoms with Gasteiger partial charge in [-0.1, -0.05) is 0 Å².